The molecule has 110 valence electrons. The third kappa shape index (κ3) is 2.54. The maximum atomic E-state index is 12.5. The fourth-order valence-electron chi connectivity index (χ4n) is 2.77. The van der Waals surface area contributed by atoms with Crippen molar-refractivity contribution >= 4 is 16.8 Å². The minimum Gasteiger partial charge on any atom is -0.336 e. The molecule has 0 radical (unpaired) electrons. The molecular formula is C15H18N4O2. The number of piperidine rings is 1. The summed E-state index contributed by atoms with van der Waals surface area (Å²) < 4.78 is 0. The lowest BCUT2D eigenvalue weighted by atomic mass is 10.1. The number of nitrogens with zero attached hydrogens (tertiary/aromatic N) is 2. The number of H-pyrrole nitrogens is 1. The molecule has 0 spiro atoms. The van der Waals surface area contributed by atoms with Crippen LogP contribution in [0.3, 0.4) is 0 Å². The van der Waals surface area contributed by atoms with Crippen molar-refractivity contribution in [1.29, 1.82) is 0 Å². The number of amides is 1. The van der Waals surface area contributed by atoms with Crippen molar-refractivity contribution in [1.82, 2.24) is 20.4 Å². The zero-order valence-corrected chi connectivity index (χ0v) is 11.9. The Balaban J connectivity index is 1.94. The molecule has 1 aliphatic heterocycles. The van der Waals surface area contributed by atoms with Crippen LogP contribution in [0, 0.1) is 0 Å². The molecule has 1 amide bonds. The summed E-state index contributed by atoms with van der Waals surface area (Å²) in [6.07, 6.45) is 1.98. The lowest BCUT2D eigenvalue weighted by Gasteiger charge is -2.32. The Kier molecular flexibility index (Phi) is 3.70. The van der Waals surface area contributed by atoms with Crippen LogP contribution >= 0.6 is 0 Å². The quantitative estimate of drug-likeness (QED) is 0.854. The van der Waals surface area contributed by atoms with Gasteiger partial charge >= 0.3 is 0 Å². The molecule has 2 heterocycles. The van der Waals surface area contributed by atoms with Gasteiger partial charge in [-0.1, -0.05) is 12.1 Å². The molecule has 1 aromatic heterocycles. The topological polar surface area (TPSA) is 78.1 Å². The molecule has 0 saturated carbocycles. The Morgan fingerprint density at radius 2 is 2.24 bits per heavy atom. The highest BCUT2D eigenvalue weighted by Gasteiger charge is 2.26. The summed E-state index contributed by atoms with van der Waals surface area (Å²) in [6.45, 7) is 1.29. The Hall–Kier alpha value is -2.21. The molecule has 3 rings (SSSR count). The number of fused-ring (bicyclic) bond motifs is 1. The van der Waals surface area contributed by atoms with Crippen LogP contribution in [0.15, 0.2) is 29.1 Å². The van der Waals surface area contributed by atoms with Gasteiger partial charge in [-0.05, 0) is 32.0 Å². The van der Waals surface area contributed by atoms with Crippen molar-refractivity contribution in [2.45, 2.75) is 18.9 Å². The van der Waals surface area contributed by atoms with Crippen LogP contribution in [-0.4, -0.2) is 47.2 Å². The first-order valence-corrected chi connectivity index (χ1v) is 7.14. The molecule has 2 N–H and O–H groups in total. The zero-order valence-electron chi connectivity index (χ0n) is 11.9. The van der Waals surface area contributed by atoms with Crippen LogP contribution in [0.4, 0.5) is 0 Å². The number of para-hydroxylation sites is 1. The predicted octanol–water partition coefficient (Wildman–Crippen LogP) is 0.747. The van der Waals surface area contributed by atoms with E-state index < -0.39 is 0 Å². The van der Waals surface area contributed by atoms with Gasteiger partial charge < -0.3 is 10.2 Å². The molecular weight excluding hydrogens is 268 g/mol. The molecule has 0 unspecified atom stereocenters. The molecule has 1 aliphatic rings. The van der Waals surface area contributed by atoms with Gasteiger partial charge in [-0.2, -0.15) is 5.10 Å². The van der Waals surface area contributed by atoms with Gasteiger partial charge in [0.15, 0.2) is 5.69 Å². The first-order valence-electron chi connectivity index (χ1n) is 7.14. The number of likely N-dealkylation sites (N-methyl/N-ethyl adjacent to an activating group) is 1. The van der Waals surface area contributed by atoms with E-state index in [2.05, 4.69) is 15.5 Å². The molecule has 6 nitrogen and oxygen atoms in total. The van der Waals surface area contributed by atoms with E-state index in [4.69, 9.17) is 0 Å². The van der Waals surface area contributed by atoms with E-state index in [1.807, 2.05) is 13.1 Å². The van der Waals surface area contributed by atoms with Gasteiger partial charge in [-0.15, -0.1) is 0 Å². The van der Waals surface area contributed by atoms with Crippen LogP contribution in [0.1, 0.15) is 23.3 Å². The molecule has 21 heavy (non-hydrogen) atoms. The van der Waals surface area contributed by atoms with Gasteiger partial charge in [-0.3, -0.25) is 14.7 Å². The highest BCUT2D eigenvalue weighted by atomic mass is 16.2. The third-order valence-electron chi connectivity index (χ3n) is 3.99. The minimum atomic E-state index is -0.305. The number of rotatable bonds is 2. The van der Waals surface area contributed by atoms with Gasteiger partial charge in [0.05, 0.1) is 5.52 Å². The number of carbonyl (C=O) groups excluding carboxylic acids is 1. The summed E-state index contributed by atoms with van der Waals surface area (Å²) in [7, 11) is 1.89. The van der Waals surface area contributed by atoms with Crippen molar-refractivity contribution in [2.75, 3.05) is 20.1 Å². The minimum absolute atomic E-state index is 0.0227. The predicted molar refractivity (Wildman–Crippen MR) is 80.3 cm³/mol. The molecule has 1 atom stereocenters. The van der Waals surface area contributed by atoms with E-state index in [9.17, 15) is 9.59 Å². The van der Waals surface area contributed by atoms with Crippen LogP contribution in [0.2, 0.25) is 0 Å². The first-order chi connectivity index (χ1) is 10.2. The number of likely N-dealkylation sites (tertiary alicyclic amines) is 1. The van der Waals surface area contributed by atoms with Crippen LogP contribution in [0.5, 0.6) is 0 Å². The molecule has 6 heteroatoms. The van der Waals surface area contributed by atoms with Crippen molar-refractivity contribution in [2.24, 2.45) is 0 Å². The first kappa shape index (κ1) is 13.8. The number of hydrogen-bond donors (Lipinski definition) is 2. The maximum Gasteiger partial charge on any atom is 0.278 e. The standard InChI is InChI=1S/C15H18N4O2/c1-16-10-5-4-8-19(9-10)15(21)13-14(20)11-6-2-3-7-12(11)17-18-13/h2-3,6-7,10,16H,4-5,8-9H2,1H3,(H,17,20)/t10-/m0/s1. The summed E-state index contributed by atoms with van der Waals surface area (Å²) in [5.41, 5.74) is 0.317. The summed E-state index contributed by atoms with van der Waals surface area (Å²) in [5.74, 6) is -0.290. The Morgan fingerprint density at radius 3 is 3.05 bits per heavy atom. The average molecular weight is 286 g/mol. The summed E-state index contributed by atoms with van der Waals surface area (Å²) in [4.78, 5) is 26.7. The van der Waals surface area contributed by atoms with Crippen molar-refractivity contribution in [3.63, 3.8) is 0 Å². The van der Waals surface area contributed by atoms with E-state index in [0.29, 0.717) is 24.0 Å². The number of aromatic amines is 1. The van der Waals surface area contributed by atoms with Crippen molar-refractivity contribution < 1.29 is 4.79 Å². The maximum absolute atomic E-state index is 12.5. The van der Waals surface area contributed by atoms with E-state index >= 15 is 0 Å². The second kappa shape index (κ2) is 5.65. The average Bonchev–Trinajstić information content (AvgIpc) is 2.55. The van der Waals surface area contributed by atoms with Gasteiger partial charge in [0.25, 0.3) is 5.91 Å². The van der Waals surface area contributed by atoms with Crippen LogP contribution < -0.4 is 10.7 Å². The van der Waals surface area contributed by atoms with Gasteiger partial charge in [0, 0.05) is 24.5 Å². The lowest BCUT2D eigenvalue weighted by molar-refractivity contribution is 0.0690. The van der Waals surface area contributed by atoms with Crippen molar-refractivity contribution in [3.05, 3.63) is 40.2 Å². The lowest BCUT2D eigenvalue weighted by Crippen LogP contribution is -2.48. The number of hydrogen-bond acceptors (Lipinski definition) is 4. The number of aromatic nitrogens is 2. The third-order valence-corrected chi connectivity index (χ3v) is 3.99. The largest absolute Gasteiger partial charge is 0.336 e. The second-order valence-electron chi connectivity index (χ2n) is 5.33. The fourth-order valence-corrected chi connectivity index (χ4v) is 2.77. The van der Waals surface area contributed by atoms with Gasteiger partial charge in [-0.25, -0.2) is 0 Å². The van der Waals surface area contributed by atoms with Crippen molar-refractivity contribution in [3.8, 4) is 0 Å². The second-order valence-corrected chi connectivity index (χ2v) is 5.33. The molecule has 0 bridgehead atoms. The van der Waals surface area contributed by atoms with Crippen LogP contribution in [-0.2, 0) is 0 Å². The van der Waals surface area contributed by atoms with E-state index in [1.54, 1.807) is 23.1 Å². The highest BCUT2D eigenvalue weighted by Crippen LogP contribution is 2.12. The van der Waals surface area contributed by atoms with Gasteiger partial charge in [0.2, 0.25) is 5.43 Å². The molecule has 2 aromatic rings. The number of benzene rings is 1. The fraction of sp³-hybridized carbons (Fsp3) is 0.400. The summed E-state index contributed by atoms with van der Waals surface area (Å²) in [5, 5.41) is 10.5. The molecule has 1 saturated heterocycles. The SMILES string of the molecule is CN[C@H]1CCCN(C(=O)c2n[nH]c3ccccc3c2=O)C1. The number of carbonyl (C=O) groups is 1. The molecule has 1 aromatic carbocycles. The number of nitrogens with one attached hydrogen (secondary N) is 2. The molecule has 1 fully saturated rings. The highest BCUT2D eigenvalue weighted by molar-refractivity contribution is 5.95. The Morgan fingerprint density at radius 1 is 1.43 bits per heavy atom. The van der Waals surface area contributed by atoms with E-state index in [1.165, 1.54) is 0 Å². The normalized spacial score (nSPS) is 18.9. The Labute approximate surface area is 122 Å². The zero-order chi connectivity index (χ0) is 14.8. The van der Waals surface area contributed by atoms with Gasteiger partial charge in [0.1, 0.15) is 0 Å². The summed E-state index contributed by atoms with van der Waals surface area (Å²) in [6, 6.07) is 7.37. The Bertz CT molecular complexity index is 725. The monoisotopic (exact) mass is 286 g/mol. The summed E-state index contributed by atoms with van der Waals surface area (Å²) >= 11 is 0. The smallest absolute Gasteiger partial charge is 0.278 e. The molecule has 0 aliphatic carbocycles. The van der Waals surface area contributed by atoms with E-state index in [0.717, 1.165) is 12.8 Å². The van der Waals surface area contributed by atoms with E-state index in [-0.39, 0.29) is 23.1 Å². The van der Waals surface area contributed by atoms with Crippen LogP contribution in [0.25, 0.3) is 10.9 Å².